The quantitative estimate of drug-likeness (QED) is 0.708. The first-order valence-corrected chi connectivity index (χ1v) is 4.64. The lowest BCUT2D eigenvalue weighted by molar-refractivity contribution is -0.122. The van der Waals surface area contributed by atoms with Gasteiger partial charge in [0, 0.05) is 0 Å². The monoisotopic (exact) mass is 202 g/mol. The number of hydrogen-bond acceptors (Lipinski definition) is 2. The van der Waals surface area contributed by atoms with E-state index in [1.54, 1.807) is 13.8 Å². The molecule has 0 saturated heterocycles. The van der Waals surface area contributed by atoms with E-state index in [0.29, 0.717) is 0 Å². The summed E-state index contributed by atoms with van der Waals surface area (Å²) in [4.78, 5) is 11.2. The van der Waals surface area contributed by atoms with Crippen LogP contribution in [0.4, 0.5) is 0 Å². The number of carbonyl (C=O) groups excluding carboxylic acids is 1. The van der Waals surface area contributed by atoms with Crippen molar-refractivity contribution in [1.29, 1.82) is 5.26 Å². The predicted molar refractivity (Wildman–Crippen MR) is 52.3 cm³/mol. The van der Waals surface area contributed by atoms with Gasteiger partial charge in [-0.3, -0.25) is 4.79 Å². The SMILES string of the molecule is CC(C)[C@](C)(C#N)NC(=O)[C@@H](C)Cl. The zero-order chi connectivity index (χ0) is 10.6. The Bertz CT molecular complexity index is 232. The minimum Gasteiger partial charge on any atom is -0.337 e. The van der Waals surface area contributed by atoms with Gasteiger partial charge in [-0.15, -0.1) is 11.6 Å². The molecular weight excluding hydrogens is 188 g/mol. The lowest BCUT2D eigenvalue weighted by Crippen LogP contribution is -2.50. The second-order valence-electron chi connectivity index (χ2n) is 3.57. The highest BCUT2D eigenvalue weighted by Gasteiger charge is 2.30. The highest BCUT2D eigenvalue weighted by molar-refractivity contribution is 6.30. The Morgan fingerprint density at radius 2 is 2.00 bits per heavy atom. The van der Waals surface area contributed by atoms with Crippen LogP contribution in [0.2, 0.25) is 0 Å². The fraction of sp³-hybridized carbons (Fsp3) is 0.778. The molecule has 0 aliphatic carbocycles. The van der Waals surface area contributed by atoms with Crippen LogP contribution in [0.3, 0.4) is 0 Å². The maximum absolute atomic E-state index is 11.2. The van der Waals surface area contributed by atoms with Gasteiger partial charge < -0.3 is 5.32 Å². The Balaban J connectivity index is 4.48. The zero-order valence-electron chi connectivity index (χ0n) is 8.39. The summed E-state index contributed by atoms with van der Waals surface area (Å²) in [5.41, 5.74) is -0.833. The number of nitrogens with one attached hydrogen (secondary N) is 1. The Morgan fingerprint density at radius 3 is 2.23 bits per heavy atom. The van der Waals surface area contributed by atoms with Crippen molar-refractivity contribution in [3.8, 4) is 6.07 Å². The first kappa shape index (κ1) is 12.2. The first-order valence-electron chi connectivity index (χ1n) is 4.21. The first-order chi connectivity index (χ1) is 5.83. The molecular formula is C9H15ClN2O. The minimum atomic E-state index is -0.833. The predicted octanol–water partition coefficient (Wildman–Crippen LogP) is 1.67. The van der Waals surface area contributed by atoms with Gasteiger partial charge in [0.2, 0.25) is 5.91 Å². The van der Waals surface area contributed by atoms with E-state index in [1.165, 1.54) is 0 Å². The molecule has 0 spiro atoms. The summed E-state index contributed by atoms with van der Waals surface area (Å²) in [6.07, 6.45) is 0. The van der Waals surface area contributed by atoms with E-state index in [-0.39, 0.29) is 11.8 Å². The Hall–Kier alpha value is -0.750. The van der Waals surface area contributed by atoms with E-state index in [1.807, 2.05) is 13.8 Å². The molecule has 0 bridgehead atoms. The third-order valence-electron chi connectivity index (χ3n) is 2.13. The molecule has 0 saturated carbocycles. The number of nitriles is 1. The van der Waals surface area contributed by atoms with Crippen LogP contribution >= 0.6 is 11.6 Å². The van der Waals surface area contributed by atoms with Gasteiger partial charge in [-0.1, -0.05) is 13.8 Å². The summed E-state index contributed by atoms with van der Waals surface area (Å²) in [6, 6.07) is 2.07. The molecule has 74 valence electrons. The molecule has 0 aliphatic rings. The van der Waals surface area contributed by atoms with E-state index in [0.717, 1.165) is 0 Å². The molecule has 13 heavy (non-hydrogen) atoms. The summed E-state index contributed by atoms with van der Waals surface area (Å²) in [5.74, 6) is -0.253. The zero-order valence-corrected chi connectivity index (χ0v) is 9.14. The number of carbonyl (C=O) groups is 1. The van der Waals surface area contributed by atoms with Crippen molar-refractivity contribution in [1.82, 2.24) is 5.32 Å². The van der Waals surface area contributed by atoms with Gasteiger partial charge in [0.1, 0.15) is 10.9 Å². The van der Waals surface area contributed by atoms with Crippen LogP contribution in [0.25, 0.3) is 0 Å². The molecule has 0 aromatic rings. The number of halogens is 1. The maximum atomic E-state index is 11.2. The van der Waals surface area contributed by atoms with Gasteiger partial charge in [0.15, 0.2) is 0 Å². The molecule has 0 aliphatic heterocycles. The van der Waals surface area contributed by atoms with Crippen molar-refractivity contribution in [2.75, 3.05) is 0 Å². The van der Waals surface area contributed by atoms with Crippen molar-refractivity contribution < 1.29 is 4.79 Å². The normalized spacial score (nSPS) is 17.3. The van der Waals surface area contributed by atoms with Crippen LogP contribution in [-0.4, -0.2) is 16.8 Å². The lowest BCUT2D eigenvalue weighted by atomic mass is 9.90. The van der Waals surface area contributed by atoms with E-state index < -0.39 is 10.9 Å². The summed E-state index contributed by atoms with van der Waals surface area (Å²) >= 11 is 5.57. The third kappa shape index (κ3) is 3.23. The standard InChI is InChI=1S/C9H15ClN2O/c1-6(2)9(4,5-11)12-8(13)7(3)10/h6-7H,1-4H3,(H,12,13)/t7-,9+/m1/s1. The van der Waals surface area contributed by atoms with E-state index >= 15 is 0 Å². The van der Waals surface area contributed by atoms with E-state index in [4.69, 9.17) is 16.9 Å². The second kappa shape index (κ2) is 4.48. The molecule has 0 radical (unpaired) electrons. The average molecular weight is 203 g/mol. The van der Waals surface area contributed by atoms with Gasteiger partial charge in [0.25, 0.3) is 0 Å². The fourth-order valence-electron chi connectivity index (χ4n) is 0.657. The Labute approximate surface area is 84.1 Å². The number of rotatable bonds is 3. The van der Waals surface area contributed by atoms with Crippen LogP contribution in [0.15, 0.2) is 0 Å². The third-order valence-corrected chi connectivity index (χ3v) is 2.33. The number of nitrogens with zero attached hydrogens (tertiary/aromatic N) is 1. The second-order valence-corrected chi connectivity index (χ2v) is 4.23. The molecule has 0 aromatic carbocycles. The van der Waals surface area contributed by atoms with Crippen LogP contribution < -0.4 is 5.32 Å². The van der Waals surface area contributed by atoms with Gasteiger partial charge in [0.05, 0.1) is 6.07 Å². The van der Waals surface area contributed by atoms with Crippen LogP contribution in [-0.2, 0) is 4.79 Å². The number of hydrogen-bond donors (Lipinski definition) is 1. The smallest absolute Gasteiger partial charge is 0.239 e. The van der Waals surface area contributed by atoms with Gasteiger partial charge in [-0.2, -0.15) is 5.26 Å². The number of amides is 1. The summed E-state index contributed by atoms with van der Waals surface area (Å²) in [6.45, 7) is 7.02. The van der Waals surface area contributed by atoms with Gasteiger partial charge in [-0.05, 0) is 19.8 Å². The van der Waals surface area contributed by atoms with E-state index in [9.17, 15) is 4.79 Å². The maximum Gasteiger partial charge on any atom is 0.239 e. The molecule has 2 atom stereocenters. The molecule has 0 heterocycles. The fourth-order valence-corrected chi connectivity index (χ4v) is 0.711. The molecule has 0 aromatic heterocycles. The Morgan fingerprint density at radius 1 is 1.54 bits per heavy atom. The lowest BCUT2D eigenvalue weighted by Gasteiger charge is -2.27. The van der Waals surface area contributed by atoms with Gasteiger partial charge in [-0.25, -0.2) is 0 Å². The molecule has 0 unspecified atom stereocenters. The minimum absolute atomic E-state index is 0.0527. The molecule has 0 fully saturated rings. The highest BCUT2D eigenvalue weighted by atomic mass is 35.5. The molecule has 4 heteroatoms. The number of alkyl halides is 1. The van der Waals surface area contributed by atoms with Crippen LogP contribution in [0, 0.1) is 17.2 Å². The molecule has 0 rings (SSSR count). The Kier molecular flexibility index (Phi) is 4.22. The van der Waals surface area contributed by atoms with E-state index in [2.05, 4.69) is 11.4 Å². The highest BCUT2D eigenvalue weighted by Crippen LogP contribution is 2.15. The van der Waals surface area contributed by atoms with Crippen molar-refractivity contribution in [3.63, 3.8) is 0 Å². The molecule has 1 amide bonds. The van der Waals surface area contributed by atoms with Crippen LogP contribution in [0.5, 0.6) is 0 Å². The molecule has 1 N–H and O–H groups in total. The largest absolute Gasteiger partial charge is 0.337 e. The van der Waals surface area contributed by atoms with Crippen molar-refractivity contribution >= 4 is 17.5 Å². The summed E-state index contributed by atoms with van der Waals surface area (Å²) < 4.78 is 0. The molecule has 3 nitrogen and oxygen atoms in total. The topological polar surface area (TPSA) is 52.9 Å². The summed E-state index contributed by atoms with van der Waals surface area (Å²) in [5, 5.41) is 10.9. The van der Waals surface area contributed by atoms with Crippen molar-refractivity contribution in [3.05, 3.63) is 0 Å². The van der Waals surface area contributed by atoms with Gasteiger partial charge >= 0.3 is 0 Å². The van der Waals surface area contributed by atoms with Crippen molar-refractivity contribution in [2.24, 2.45) is 5.92 Å². The summed E-state index contributed by atoms with van der Waals surface area (Å²) in [7, 11) is 0. The van der Waals surface area contributed by atoms with Crippen LogP contribution in [0.1, 0.15) is 27.7 Å². The van der Waals surface area contributed by atoms with Crippen molar-refractivity contribution in [2.45, 2.75) is 38.6 Å². The average Bonchev–Trinajstić information content (AvgIpc) is 2.03.